The van der Waals surface area contributed by atoms with Gasteiger partial charge in [0.1, 0.15) is 17.2 Å². The summed E-state index contributed by atoms with van der Waals surface area (Å²) in [6, 6.07) is 15.9. The van der Waals surface area contributed by atoms with Crippen LogP contribution in [0.25, 0.3) is 0 Å². The van der Waals surface area contributed by atoms with Crippen LogP contribution in [0.5, 0.6) is 17.2 Å². The van der Waals surface area contributed by atoms with E-state index in [0.717, 1.165) is 89.7 Å². The third kappa shape index (κ3) is 24.3. The van der Waals surface area contributed by atoms with Crippen LogP contribution >= 0.6 is 0 Å². The van der Waals surface area contributed by atoms with Crippen molar-refractivity contribution in [2.75, 3.05) is 50.6 Å². The Hall–Kier alpha value is -5.12. The van der Waals surface area contributed by atoms with Crippen LogP contribution in [0.2, 0.25) is 0 Å². The summed E-state index contributed by atoms with van der Waals surface area (Å²) in [5.74, 6) is -0.831. The van der Waals surface area contributed by atoms with Crippen molar-refractivity contribution in [1.82, 2.24) is 4.90 Å². The first-order chi connectivity index (χ1) is 42.8. The minimum Gasteiger partial charge on any atom is -0.490 e. The zero-order chi connectivity index (χ0) is 63.4. The molecule has 0 radical (unpaired) electrons. The predicted octanol–water partition coefficient (Wildman–Crippen LogP) is 22.5. The van der Waals surface area contributed by atoms with E-state index < -0.39 is 28.5 Å². The monoisotopic (exact) mass is 1220 g/mol. The minimum atomic E-state index is -0.899. The molecule has 8 nitrogen and oxygen atoms in total. The second-order valence-corrected chi connectivity index (χ2v) is 26.3. The maximum Gasteiger partial charge on any atom is 0.263 e. The Balaban J connectivity index is 1.37. The van der Waals surface area contributed by atoms with Crippen molar-refractivity contribution in [2.24, 2.45) is 0 Å². The van der Waals surface area contributed by atoms with Crippen LogP contribution in [0.3, 0.4) is 0 Å². The van der Waals surface area contributed by atoms with Gasteiger partial charge in [-0.05, 0) is 117 Å². The Labute approximate surface area is 534 Å². The number of hydrogen-bond donors (Lipinski definition) is 1. The Morgan fingerprint density at radius 3 is 1.15 bits per heavy atom. The van der Waals surface area contributed by atoms with E-state index in [0.29, 0.717) is 74.3 Å². The third-order valence-corrected chi connectivity index (χ3v) is 18.9. The lowest BCUT2D eigenvalue weighted by Gasteiger charge is -2.44. The molecule has 1 aliphatic rings. The average Bonchev–Trinajstić information content (AvgIpc) is 0.991. The number of nitrogen functional groups attached to an aromatic ring is 1. The van der Waals surface area contributed by atoms with Crippen molar-refractivity contribution < 1.29 is 32.6 Å². The molecule has 0 atom stereocenters. The number of likely N-dealkylation sites (tertiary alicyclic amines) is 1. The van der Waals surface area contributed by atoms with E-state index in [1.165, 1.54) is 204 Å². The lowest BCUT2D eigenvalue weighted by molar-refractivity contribution is 0.0684. The molecule has 10 heteroatoms. The number of anilines is 2. The van der Waals surface area contributed by atoms with Crippen molar-refractivity contribution in [1.29, 1.82) is 0 Å². The minimum absolute atomic E-state index is 0.0700. The maximum atomic E-state index is 15.2. The van der Waals surface area contributed by atoms with Crippen LogP contribution in [-0.2, 0) is 5.41 Å². The molecule has 0 aromatic heterocycles. The van der Waals surface area contributed by atoms with E-state index in [9.17, 15) is 13.6 Å². The normalized spacial score (nSPS) is 13.1. The van der Waals surface area contributed by atoms with E-state index in [2.05, 4.69) is 45.0 Å². The Morgan fingerprint density at radius 2 is 0.795 bits per heavy atom. The molecule has 4 aromatic carbocycles. The molecule has 4 aromatic rings. The zero-order valence-electron chi connectivity index (χ0n) is 56.9. The SMILES string of the molecule is CCCCCCCCCCCCCCOc1cc(C(=O)N2CCC(c3cc(C)c(N)c(C)c3)(c3cc(C)c(N(C)C(=O)c4c(F)cccc4F)c(C)c3)CC2)cc(OCCCCCCCCCCCCCC)c1OCCCCCCCCCCCCCC. The maximum absolute atomic E-state index is 15.2. The number of halogens is 2. The number of piperidine rings is 1. The lowest BCUT2D eigenvalue weighted by atomic mass is 9.66. The van der Waals surface area contributed by atoms with Gasteiger partial charge in [-0.25, -0.2) is 8.78 Å². The average molecular weight is 1220 g/mol. The van der Waals surface area contributed by atoms with E-state index in [1.54, 1.807) is 7.05 Å². The van der Waals surface area contributed by atoms with Crippen LogP contribution < -0.4 is 24.8 Å². The van der Waals surface area contributed by atoms with E-state index in [1.807, 2.05) is 44.7 Å². The molecular weight excluding hydrogens is 1100 g/mol. The summed E-state index contributed by atoms with van der Waals surface area (Å²) in [6.45, 7) is 17.4. The summed E-state index contributed by atoms with van der Waals surface area (Å²) in [7, 11) is 1.57. The van der Waals surface area contributed by atoms with Crippen LogP contribution in [0.1, 0.15) is 319 Å². The number of aryl methyl sites for hydroxylation is 4. The van der Waals surface area contributed by atoms with Crippen LogP contribution in [0, 0.1) is 39.3 Å². The number of amides is 2. The highest BCUT2D eigenvalue weighted by Crippen LogP contribution is 2.46. The zero-order valence-corrected chi connectivity index (χ0v) is 56.9. The van der Waals surface area contributed by atoms with Gasteiger partial charge in [0.2, 0.25) is 5.75 Å². The number of nitrogens with zero attached hydrogens (tertiary/aromatic N) is 2. The van der Waals surface area contributed by atoms with E-state index in [4.69, 9.17) is 19.9 Å². The molecule has 1 aliphatic heterocycles. The quantitative estimate of drug-likeness (QED) is 0.0350. The standard InChI is InChI=1S/C78H121F2N3O5/c1-9-12-15-18-21-24-27-30-33-36-39-42-52-86-70-59-65(60-71(87-53-43-40-37-34-31-28-25-22-19-16-13-10-2)75(70)88-54-44-41-38-35-32-29-26-23-20-17-14-11-3)76(84)83-50-48-78(49-51-83,66-55-61(4)73(81)62(5)56-66)67-57-63(6)74(64(7)58-67)82(8)77(85)72-68(79)46-45-47-69(72)80/h45-47,55-60H,9-44,48-54,81H2,1-8H3. The van der Waals surface area contributed by atoms with Gasteiger partial charge in [-0.2, -0.15) is 0 Å². The molecule has 0 saturated carbocycles. The first kappa shape index (κ1) is 73.6. The van der Waals surface area contributed by atoms with Crippen molar-refractivity contribution in [2.45, 2.75) is 298 Å². The summed E-state index contributed by atoms with van der Waals surface area (Å²) < 4.78 is 50.2. The second-order valence-electron chi connectivity index (χ2n) is 26.3. The summed E-state index contributed by atoms with van der Waals surface area (Å²) >= 11 is 0. The van der Waals surface area contributed by atoms with Crippen molar-refractivity contribution >= 4 is 23.2 Å². The molecule has 1 heterocycles. The highest BCUT2D eigenvalue weighted by atomic mass is 19.1. The van der Waals surface area contributed by atoms with Crippen molar-refractivity contribution in [3.63, 3.8) is 0 Å². The third-order valence-electron chi connectivity index (χ3n) is 18.9. The summed E-state index contributed by atoms with van der Waals surface area (Å²) in [5, 5.41) is 0. The number of benzene rings is 4. The highest BCUT2D eigenvalue weighted by molar-refractivity contribution is 6.07. The van der Waals surface area contributed by atoms with Gasteiger partial charge in [-0.1, -0.05) is 263 Å². The summed E-state index contributed by atoms with van der Waals surface area (Å²) in [6.07, 6.45) is 46.8. The molecule has 0 aliphatic carbocycles. The second kappa shape index (κ2) is 42.0. The molecule has 0 spiro atoms. The van der Waals surface area contributed by atoms with Gasteiger partial charge in [-0.3, -0.25) is 9.59 Å². The molecule has 0 unspecified atom stereocenters. The van der Waals surface area contributed by atoms with Gasteiger partial charge in [0.15, 0.2) is 11.5 Å². The predicted molar refractivity (Wildman–Crippen MR) is 367 cm³/mol. The Kier molecular flexibility index (Phi) is 35.2. The van der Waals surface area contributed by atoms with Crippen molar-refractivity contribution in [3.8, 4) is 17.2 Å². The Bertz CT molecular complexity index is 2510. The number of ether oxygens (including phenoxy) is 3. The lowest BCUT2D eigenvalue weighted by Crippen LogP contribution is -2.46. The molecule has 0 bridgehead atoms. The fraction of sp³-hybridized carbons (Fsp3) is 0.667. The number of carbonyl (C=O) groups excluding carboxylic acids is 2. The van der Waals surface area contributed by atoms with Gasteiger partial charge < -0.3 is 29.7 Å². The number of rotatable bonds is 47. The number of unbranched alkanes of at least 4 members (excludes halogenated alkanes) is 33. The van der Waals surface area contributed by atoms with Gasteiger partial charge in [0.05, 0.1) is 19.8 Å². The fourth-order valence-corrected chi connectivity index (χ4v) is 13.4. The van der Waals surface area contributed by atoms with Crippen LogP contribution in [0.15, 0.2) is 54.6 Å². The first-order valence-electron chi connectivity index (χ1n) is 35.8. The largest absolute Gasteiger partial charge is 0.490 e. The molecular formula is C78H121F2N3O5. The molecule has 1 fully saturated rings. The molecule has 1 saturated heterocycles. The summed E-state index contributed by atoms with van der Waals surface area (Å²) in [5.41, 5.74) is 13.1. The van der Waals surface area contributed by atoms with E-state index >= 15 is 4.79 Å². The topological polar surface area (TPSA) is 94.3 Å². The highest BCUT2D eigenvalue weighted by Gasteiger charge is 2.41. The molecule has 2 amide bonds. The summed E-state index contributed by atoms with van der Waals surface area (Å²) in [4.78, 5) is 32.3. The smallest absolute Gasteiger partial charge is 0.263 e. The van der Waals surface area contributed by atoms with Gasteiger partial charge in [-0.15, -0.1) is 0 Å². The van der Waals surface area contributed by atoms with E-state index in [-0.39, 0.29) is 5.91 Å². The van der Waals surface area contributed by atoms with Crippen molar-refractivity contribution in [3.05, 3.63) is 111 Å². The van der Waals surface area contributed by atoms with Gasteiger partial charge >= 0.3 is 0 Å². The molecule has 492 valence electrons. The number of nitrogens with two attached hydrogens (primary N) is 1. The van der Waals surface area contributed by atoms with Crippen LogP contribution in [0.4, 0.5) is 20.2 Å². The number of hydrogen-bond acceptors (Lipinski definition) is 6. The molecule has 5 rings (SSSR count). The molecule has 2 N–H and O–H groups in total. The van der Waals surface area contributed by atoms with Gasteiger partial charge in [0, 0.05) is 42.5 Å². The fourth-order valence-electron chi connectivity index (χ4n) is 13.4. The molecule has 88 heavy (non-hydrogen) atoms. The number of carbonyl (C=O) groups is 2. The van der Waals surface area contributed by atoms with Gasteiger partial charge in [0.25, 0.3) is 11.8 Å². The Morgan fingerprint density at radius 1 is 0.477 bits per heavy atom. The first-order valence-corrected chi connectivity index (χ1v) is 35.8. The van der Waals surface area contributed by atoms with Crippen LogP contribution in [-0.4, -0.2) is 56.7 Å².